The van der Waals surface area contributed by atoms with Crippen molar-refractivity contribution in [3.63, 3.8) is 0 Å². The Balaban J connectivity index is 2.68. The Morgan fingerprint density at radius 2 is 2.23 bits per heavy atom. The molecule has 0 unspecified atom stereocenters. The minimum atomic E-state index is -0.708. The molecule has 0 aliphatic heterocycles. The molecule has 0 saturated heterocycles. The van der Waals surface area contributed by atoms with Gasteiger partial charge in [0, 0.05) is 4.90 Å². The van der Waals surface area contributed by atoms with Gasteiger partial charge in [0.05, 0.1) is 5.02 Å². The number of nitrogens with one attached hydrogen (secondary N) is 1. The van der Waals surface area contributed by atoms with Crippen molar-refractivity contribution in [2.24, 2.45) is 0 Å². The first-order chi connectivity index (χ1) is 6.09. The van der Waals surface area contributed by atoms with Gasteiger partial charge in [0.2, 0.25) is 0 Å². The van der Waals surface area contributed by atoms with E-state index in [-0.39, 0.29) is 5.02 Å². The van der Waals surface area contributed by atoms with E-state index in [0.29, 0.717) is 4.90 Å². The lowest BCUT2D eigenvalue weighted by molar-refractivity contribution is 0.264. The maximum atomic E-state index is 12.8. The van der Waals surface area contributed by atoms with E-state index in [0.717, 1.165) is 11.9 Å². The number of hydrogen-bond donors (Lipinski definition) is 1. The zero-order valence-corrected chi connectivity index (χ0v) is 8.51. The first kappa shape index (κ1) is 10.6. The van der Waals surface area contributed by atoms with Crippen molar-refractivity contribution >= 4 is 40.5 Å². The molecule has 0 fully saturated rings. The van der Waals surface area contributed by atoms with E-state index in [1.54, 1.807) is 6.07 Å². The molecule has 1 aromatic carbocycles. The van der Waals surface area contributed by atoms with Gasteiger partial charge in [-0.25, -0.2) is 4.39 Å². The van der Waals surface area contributed by atoms with Crippen LogP contribution in [-0.2, 0) is 0 Å². The van der Waals surface area contributed by atoms with E-state index >= 15 is 0 Å². The Kier molecular flexibility index (Phi) is 3.84. The lowest BCUT2D eigenvalue weighted by Crippen LogP contribution is -2.04. The van der Waals surface area contributed by atoms with Crippen LogP contribution in [0.25, 0.3) is 0 Å². The summed E-state index contributed by atoms with van der Waals surface area (Å²) < 4.78 is 15.1. The van der Waals surface area contributed by atoms with Crippen LogP contribution in [0.4, 0.5) is 9.18 Å². The summed E-state index contributed by atoms with van der Waals surface area (Å²) in [6.07, 6.45) is 0. The molecule has 0 aliphatic rings. The number of carbonyl (C=O) groups excluding carboxylic acids is 1. The fourth-order valence-electron chi connectivity index (χ4n) is 0.639. The molecule has 13 heavy (non-hydrogen) atoms. The average Bonchev–Trinajstić information content (AvgIpc) is 2.07. The van der Waals surface area contributed by atoms with E-state index in [9.17, 15) is 9.18 Å². The first-order valence-electron chi connectivity index (χ1n) is 3.17. The predicted molar refractivity (Wildman–Crippen MR) is 51.7 cm³/mol. The first-order valence-corrected chi connectivity index (χ1v) is 4.74. The fraction of sp³-hybridized carbons (Fsp3) is 0. The van der Waals surface area contributed by atoms with Crippen molar-refractivity contribution in [1.29, 1.82) is 0 Å². The van der Waals surface area contributed by atoms with Crippen molar-refractivity contribution in [2.75, 3.05) is 0 Å². The third kappa shape index (κ3) is 3.42. The van der Waals surface area contributed by atoms with Gasteiger partial charge >= 0.3 is 5.37 Å². The van der Waals surface area contributed by atoms with E-state index in [4.69, 9.17) is 23.2 Å². The third-order valence-electron chi connectivity index (χ3n) is 1.14. The second-order valence-electron chi connectivity index (χ2n) is 2.05. The molecule has 1 aromatic rings. The van der Waals surface area contributed by atoms with Crippen LogP contribution in [0.5, 0.6) is 0 Å². The highest BCUT2D eigenvalue weighted by atomic mass is 35.5. The zero-order chi connectivity index (χ0) is 9.84. The molecule has 0 bridgehead atoms. The molecule has 0 atom stereocenters. The van der Waals surface area contributed by atoms with Crippen molar-refractivity contribution < 1.29 is 9.18 Å². The number of amides is 1. The van der Waals surface area contributed by atoms with Gasteiger partial charge in [-0.2, -0.15) is 0 Å². The quantitative estimate of drug-likeness (QED) is 0.487. The topological polar surface area (TPSA) is 29.1 Å². The van der Waals surface area contributed by atoms with Crippen molar-refractivity contribution in [1.82, 2.24) is 4.72 Å². The van der Waals surface area contributed by atoms with Gasteiger partial charge in [0.1, 0.15) is 5.82 Å². The smallest absolute Gasteiger partial charge is 0.282 e. The van der Waals surface area contributed by atoms with Gasteiger partial charge in [0.25, 0.3) is 0 Å². The molecule has 2 nitrogen and oxygen atoms in total. The highest BCUT2D eigenvalue weighted by Gasteiger charge is 2.02. The van der Waals surface area contributed by atoms with Crippen LogP contribution in [0, 0.1) is 5.82 Å². The van der Waals surface area contributed by atoms with E-state index in [1.165, 1.54) is 12.1 Å². The number of halogens is 3. The van der Waals surface area contributed by atoms with Crippen LogP contribution in [0.1, 0.15) is 0 Å². The van der Waals surface area contributed by atoms with Gasteiger partial charge in [-0.1, -0.05) is 11.6 Å². The van der Waals surface area contributed by atoms with Crippen molar-refractivity contribution in [3.8, 4) is 0 Å². The van der Waals surface area contributed by atoms with Crippen LogP contribution in [0.3, 0.4) is 0 Å². The Morgan fingerprint density at radius 1 is 1.54 bits per heavy atom. The zero-order valence-electron chi connectivity index (χ0n) is 6.18. The molecule has 1 amide bonds. The van der Waals surface area contributed by atoms with Crippen LogP contribution >= 0.6 is 35.1 Å². The summed E-state index contributed by atoms with van der Waals surface area (Å²) in [6.45, 7) is 0. The monoisotopic (exact) mass is 239 g/mol. The van der Waals surface area contributed by atoms with Gasteiger partial charge < -0.3 is 0 Å². The Bertz CT molecular complexity index is 334. The summed E-state index contributed by atoms with van der Waals surface area (Å²) >= 11 is 11.4. The second-order valence-corrected chi connectivity index (χ2v) is 3.68. The summed E-state index contributed by atoms with van der Waals surface area (Å²) in [6, 6.07) is 4.18. The normalized spacial score (nSPS) is 9.77. The number of carbonyl (C=O) groups is 1. The Morgan fingerprint density at radius 3 is 2.77 bits per heavy atom. The SMILES string of the molecule is O=C(Cl)NSc1ccc(Cl)c(F)c1. The Labute approximate surface area is 88.5 Å². The largest absolute Gasteiger partial charge is 0.323 e. The lowest BCUT2D eigenvalue weighted by Gasteiger charge is -2.00. The summed E-state index contributed by atoms with van der Waals surface area (Å²) in [4.78, 5) is 10.8. The number of rotatable bonds is 2. The van der Waals surface area contributed by atoms with E-state index < -0.39 is 11.2 Å². The van der Waals surface area contributed by atoms with Gasteiger partial charge in [-0.15, -0.1) is 0 Å². The molecule has 0 aromatic heterocycles. The second kappa shape index (κ2) is 4.69. The molecule has 1 rings (SSSR count). The fourth-order valence-corrected chi connectivity index (χ4v) is 1.37. The van der Waals surface area contributed by atoms with Crippen LogP contribution < -0.4 is 4.72 Å². The number of hydrogen-bond acceptors (Lipinski definition) is 2. The van der Waals surface area contributed by atoms with Crippen LogP contribution in [0.15, 0.2) is 23.1 Å². The van der Waals surface area contributed by atoms with Gasteiger partial charge in [-0.05, 0) is 41.7 Å². The van der Waals surface area contributed by atoms with Crippen molar-refractivity contribution in [3.05, 3.63) is 29.0 Å². The summed E-state index contributed by atoms with van der Waals surface area (Å²) in [5.74, 6) is -0.532. The summed E-state index contributed by atoms with van der Waals surface area (Å²) in [5, 5.41) is -0.665. The molecule has 6 heteroatoms. The summed E-state index contributed by atoms with van der Waals surface area (Å²) in [7, 11) is 0. The standard InChI is InChI=1S/C7H4Cl2FNOS/c8-5-2-1-4(3-6(5)10)13-11-7(9)12/h1-3H,(H,11,12). The number of benzene rings is 1. The van der Waals surface area contributed by atoms with Crippen molar-refractivity contribution in [2.45, 2.75) is 4.90 Å². The average molecular weight is 240 g/mol. The highest BCUT2D eigenvalue weighted by Crippen LogP contribution is 2.21. The highest BCUT2D eigenvalue weighted by molar-refractivity contribution is 7.98. The predicted octanol–water partition coefficient (Wildman–Crippen LogP) is 3.43. The van der Waals surface area contributed by atoms with E-state index in [2.05, 4.69) is 4.72 Å². The van der Waals surface area contributed by atoms with Gasteiger partial charge in [0.15, 0.2) is 0 Å². The van der Waals surface area contributed by atoms with E-state index in [1.807, 2.05) is 0 Å². The molecule has 70 valence electrons. The van der Waals surface area contributed by atoms with Crippen LogP contribution in [0.2, 0.25) is 5.02 Å². The third-order valence-corrected chi connectivity index (χ3v) is 2.43. The van der Waals surface area contributed by atoms with Crippen LogP contribution in [-0.4, -0.2) is 5.37 Å². The minimum Gasteiger partial charge on any atom is -0.282 e. The molecule has 1 N–H and O–H groups in total. The molecule has 0 saturated carbocycles. The molecular weight excluding hydrogens is 236 g/mol. The van der Waals surface area contributed by atoms with Gasteiger partial charge in [-0.3, -0.25) is 9.52 Å². The molecule has 0 radical (unpaired) electrons. The molecule has 0 aliphatic carbocycles. The summed E-state index contributed by atoms with van der Waals surface area (Å²) in [5.41, 5.74) is 0. The molecule has 0 heterocycles. The molecule has 0 spiro atoms. The Hall–Kier alpha value is -0.450. The maximum absolute atomic E-state index is 12.8. The maximum Gasteiger partial charge on any atom is 0.323 e. The molecular formula is C7H4Cl2FNOS. The lowest BCUT2D eigenvalue weighted by atomic mass is 10.3. The minimum absolute atomic E-state index is 0.0431.